The lowest BCUT2D eigenvalue weighted by atomic mass is 9.84. The molecule has 0 fully saturated rings. The Bertz CT molecular complexity index is 1290. The van der Waals surface area contributed by atoms with Crippen molar-refractivity contribution in [1.82, 2.24) is 15.6 Å². The van der Waals surface area contributed by atoms with Gasteiger partial charge >= 0.3 is 18.4 Å². The van der Waals surface area contributed by atoms with Crippen LogP contribution in [0.4, 0.5) is 36.8 Å². The molecule has 15 heteroatoms. The number of alkyl halides is 6. The third kappa shape index (κ3) is 11.6. The van der Waals surface area contributed by atoms with E-state index >= 15 is 0 Å². The van der Waals surface area contributed by atoms with Gasteiger partial charge in [-0.05, 0) is 62.4 Å². The van der Waals surface area contributed by atoms with Gasteiger partial charge < -0.3 is 25.8 Å². The Morgan fingerprint density at radius 1 is 1.02 bits per heavy atom. The Kier molecular flexibility index (Phi) is 11.6. The number of hydrogen-bond acceptors (Lipinski definition) is 7. The quantitative estimate of drug-likeness (QED) is 0.233. The average Bonchev–Trinajstić information content (AvgIpc) is 2.82. The number of aromatic nitrogens is 1. The molecule has 2 aromatic rings. The van der Waals surface area contributed by atoms with Gasteiger partial charge in [-0.3, -0.25) is 4.79 Å². The summed E-state index contributed by atoms with van der Waals surface area (Å²) in [5.74, 6) is -0.990. The third-order valence-electron chi connectivity index (χ3n) is 5.91. The highest BCUT2D eigenvalue weighted by atomic mass is 32.2. The minimum Gasteiger partial charge on any atom is -0.444 e. The van der Waals surface area contributed by atoms with Gasteiger partial charge in [0, 0.05) is 23.4 Å². The van der Waals surface area contributed by atoms with Crippen LogP contribution in [0.15, 0.2) is 18.2 Å². The summed E-state index contributed by atoms with van der Waals surface area (Å²) in [6.07, 6.45) is -10.0. The number of rotatable bonds is 10. The van der Waals surface area contributed by atoms with Crippen molar-refractivity contribution in [2.24, 2.45) is 0 Å². The summed E-state index contributed by atoms with van der Waals surface area (Å²) in [6.45, 7) is 9.38. The zero-order valence-corrected chi connectivity index (χ0v) is 25.8. The summed E-state index contributed by atoms with van der Waals surface area (Å²) in [5.41, 5.74) is 0.324. The van der Waals surface area contributed by atoms with E-state index in [1.807, 2.05) is 20.8 Å². The van der Waals surface area contributed by atoms with Crippen LogP contribution in [-0.4, -0.2) is 76.8 Å². The van der Waals surface area contributed by atoms with E-state index < -0.39 is 59.8 Å². The molecule has 0 saturated heterocycles. The number of halogens is 6. The SMILES string of the molecule is Cc1cc(C(=O)NC[C@H](CSC(CO)C(F)(F)F)NC(=O)OC(C)(C)C)nc2c(C(C)(C)C)cc(NCC(F)(F)F)cc12. The fourth-order valence-corrected chi connectivity index (χ4v) is 4.86. The molecule has 0 bridgehead atoms. The molecule has 0 radical (unpaired) electrons. The van der Waals surface area contributed by atoms with Crippen molar-refractivity contribution in [1.29, 1.82) is 0 Å². The maximum absolute atomic E-state index is 13.2. The maximum atomic E-state index is 13.2. The molecule has 1 aromatic heterocycles. The highest BCUT2D eigenvalue weighted by molar-refractivity contribution is 8.00. The van der Waals surface area contributed by atoms with Crippen LogP contribution in [0.5, 0.6) is 0 Å². The van der Waals surface area contributed by atoms with E-state index in [1.54, 1.807) is 33.8 Å². The van der Waals surface area contributed by atoms with Crippen LogP contribution >= 0.6 is 11.8 Å². The third-order valence-corrected chi connectivity index (χ3v) is 7.33. The van der Waals surface area contributed by atoms with Gasteiger partial charge in [0.15, 0.2) is 0 Å². The fraction of sp³-hybridized carbons (Fsp3) is 0.607. The number of alkyl carbamates (subject to hydrolysis) is 1. The second-order valence-electron chi connectivity index (χ2n) is 12.1. The molecular formula is C28H38F6N4O4S. The Labute approximate surface area is 250 Å². The number of carbonyl (C=O) groups is 2. The van der Waals surface area contributed by atoms with Crippen LogP contribution in [0.25, 0.3) is 10.9 Å². The number of carbonyl (C=O) groups excluding carboxylic acids is 2. The number of aryl methyl sites for hydroxylation is 1. The first-order valence-corrected chi connectivity index (χ1v) is 14.4. The summed E-state index contributed by atoms with van der Waals surface area (Å²) in [4.78, 5) is 30.0. The monoisotopic (exact) mass is 640 g/mol. The summed E-state index contributed by atoms with van der Waals surface area (Å²) >= 11 is 0.371. The van der Waals surface area contributed by atoms with Crippen molar-refractivity contribution < 1.29 is 45.8 Å². The molecule has 0 aliphatic rings. The van der Waals surface area contributed by atoms with Crippen LogP contribution in [-0.2, 0) is 10.2 Å². The molecule has 2 rings (SSSR count). The lowest BCUT2D eigenvalue weighted by molar-refractivity contribution is -0.135. The number of thioether (sulfide) groups is 1. The molecule has 0 aliphatic heterocycles. The molecule has 2 amide bonds. The number of anilines is 1. The Balaban J connectivity index is 2.35. The van der Waals surface area contributed by atoms with E-state index in [1.165, 1.54) is 12.1 Å². The molecule has 1 unspecified atom stereocenters. The molecule has 0 spiro atoms. The summed E-state index contributed by atoms with van der Waals surface area (Å²) in [5, 5.41) is 15.0. The van der Waals surface area contributed by atoms with E-state index in [0.29, 0.717) is 33.8 Å². The second-order valence-corrected chi connectivity index (χ2v) is 13.3. The Morgan fingerprint density at radius 3 is 2.16 bits per heavy atom. The van der Waals surface area contributed by atoms with Gasteiger partial charge in [0.25, 0.3) is 5.91 Å². The van der Waals surface area contributed by atoms with Crippen molar-refractivity contribution in [3.8, 4) is 0 Å². The first-order chi connectivity index (χ1) is 19.5. The molecule has 8 nitrogen and oxygen atoms in total. The Hall–Kier alpha value is -2.94. The first-order valence-electron chi connectivity index (χ1n) is 13.3. The number of benzene rings is 1. The number of hydrogen-bond donors (Lipinski definition) is 4. The van der Waals surface area contributed by atoms with Crippen molar-refractivity contribution in [3.05, 3.63) is 35.0 Å². The van der Waals surface area contributed by atoms with Gasteiger partial charge in [0.1, 0.15) is 23.1 Å². The van der Waals surface area contributed by atoms with E-state index in [4.69, 9.17) is 9.84 Å². The minimum atomic E-state index is -4.68. The number of aliphatic hydroxyl groups is 1. The number of pyridine rings is 1. The average molecular weight is 641 g/mol. The van der Waals surface area contributed by atoms with Crippen molar-refractivity contribution in [2.45, 2.75) is 83.1 Å². The largest absolute Gasteiger partial charge is 0.444 e. The summed E-state index contributed by atoms with van der Waals surface area (Å²) < 4.78 is 83.2. The molecular weight excluding hydrogens is 602 g/mol. The molecule has 4 N–H and O–H groups in total. The predicted octanol–water partition coefficient (Wildman–Crippen LogP) is 6.09. The smallest absolute Gasteiger partial charge is 0.407 e. The van der Waals surface area contributed by atoms with E-state index in [0.717, 1.165) is 0 Å². The zero-order valence-electron chi connectivity index (χ0n) is 25.0. The molecule has 1 aromatic carbocycles. The standard InChI is InChI=1S/C28H38F6N4O4S/c1-15-8-20(38-22-18(15)9-16(36-14-27(29,30)31)10-19(22)25(2,3)4)23(40)35-11-17(37-24(41)42-26(5,6)7)13-43-21(12-39)28(32,33)34/h8-10,17,21,36,39H,11-14H2,1-7H3,(H,35,40)(H,37,41)/t17-,21?/m1/s1. The molecule has 2 atom stereocenters. The van der Waals surface area contributed by atoms with Crippen molar-refractivity contribution in [2.75, 3.05) is 30.8 Å². The van der Waals surface area contributed by atoms with Crippen LogP contribution in [0, 0.1) is 6.92 Å². The molecule has 43 heavy (non-hydrogen) atoms. The number of amides is 2. The predicted molar refractivity (Wildman–Crippen MR) is 155 cm³/mol. The lowest BCUT2D eigenvalue weighted by Gasteiger charge is -2.25. The van der Waals surface area contributed by atoms with Crippen LogP contribution in [0.1, 0.15) is 63.2 Å². The summed E-state index contributed by atoms with van der Waals surface area (Å²) in [7, 11) is 0. The zero-order chi connectivity index (χ0) is 33.0. The molecule has 0 saturated carbocycles. The van der Waals surface area contributed by atoms with Crippen LogP contribution in [0.2, 0.25) is 0 Å². The van der Waals surface area contributed by atoms with Crippen molar-refractivity contribution in [3.63, 3.8) is 0 Å². The van der Waals surface area contributed by atoms with Crippen molar-refractivity contribution >= 4 is 40.4 Å². The topological polar surface area (TPSA) is 113 Å². The van der Waals surface area contributed by atoms with Crippen LogP contribution < -0.4 is 16.0 Å². The number of ether oxygens (including phenoxy) is 1. The van der Waals surface area contributed by atoms with Gasteiger partial charge in [0.05, 0.1) is 18.2 Å². The normalized spacial score (nSPS) is 14.3. The van der Waals surface area contributed by atoms with E-state index in [9.17, 15) is 35.9 Å². The molecule has 0 aliphatic carbocycles. The molecule has 1 heterocycles. The highest BCUT2D eigenvalue weighted by Gasteiger charge is 2.40. The number of fused-ring (bicyclic) bond motifs is 1. The van der Waals surface area contributed by atoms with E-state index in [-0.39, 0.29) is 23.7 Å². The maximum Gasteiger partial charge on any atom is 0.407 e. The fourth-order valence-electron chi connectivity index (χ4n) is 3.90. The number of nitrogens with zero attached hydrogens (tertiary/aromatic N) is 1. The minimum absolute atomic E-state index is 0.0290. The van der Waals surface area contributed by atoms with Gasteiger partial charge in [-0.2, -0.15) is 26.3 Å². The highest BCUT2D eigenvalue weighted by Crippen LogP contribution is 2.34. The summed E-state index contributed by atoms with van der Waals surface area (Å²) in [6, 6.07) is 3.53. The second kappa shape index (κ2) is 13.8. The van der Waals surface area contributed by atoms with Gasteiger partial charge in [-0.25, -0.2) is 9.78 Å². The van der Waals surface area contributed by atoms with Gasteiger partial charge in [-0.1, -0.05) is 20.8 Å². The first kappa shape index (κ1) is 36.3. The van der Waals surface area contributed by atoms with E-state index in [2.05, 4.69) is 20.9 Å². The Morgan fingerprint density at radius 2 is 1.65 bits per heavy atom. The number of aliphatic hydroxyl groups excluding tert-OH is 1. The van der Waals surface area contributed by atoms with Crippen LogP contribution in [0.3, 0.4) is 0 Å². The number of nitrogens with one attached hydrogen (secondary N) is 3. The molecule has 242 valence electrons. The van der Waals surface area contributed by atoms with Gasteiger partial charge in [-0.15, -0.1) is 11.8 Å². The lowest BCUT2D eigenvalue weighted by Crippen LogP contribution is -2.47. The van der Waals surface area contributed by atoms with Gasteiger partial charge in [0.2, 0.25) is 0 Å².